The van der Waals surface area contributed by atoms with E-state index in [1.807, 2.05) is 0 Å². The number of hydrogen-bond acceptors (Lipinski definition) is 4. The SMILES string of the molecule is CC(C)CN1CCN(C(C)CC(C)(CO)NC2CC2)CC1. The maximum Gasteiger partial charge on any atom is 0.0611 e. The molecule has 0 amide bonds. The second kappa shape index (κ2) is 7.40. The second-order valence-corrected chi connectivity index (χ2v) is 7.92. The Bertz CT molecular complexity index is 311. The van der Waals surface area contributed by atoms with Crippen molar-refractivity contribution >= 4 is 0 Å². The molecule has 2 aliphatic rings. The summed E-state index contributed by atoms with van der Waals surface area (Å²) < 4.78 is 0. The molecule has 2 rings (SSSR count). The minimum atomic E-state index is -0.115. The summed E-state index contributed by atoms with van der Waals surface area (Å²) in [6.45, 7) is 15.3. The van der Waals surface area contributed by atoms with Crippen LogP contribution >= 0.6 is 0 Å². The molecule has 2 N–H and O–H groups in total. The van der Waals surface area contributed by atoms with Crippen LogP contribution in [0.15, 0.2) is 0 Å². The molecule has 2 unspecified atom stereocenters. The molecule has 1 aliphatic heterocycles. The quantitative estimate of drug-likeness (QED) is 0.713. The predicted octanol–water partition coefficient (Wildman–Crippen LogP) is 1.54. The second-order valence-electron chi connectivity index (χ2n) is 7.92. The van der Waals surface area contributed by atoms with Crippen LogP contribution in [0.3, 0.4) is 0 Å². The maximum absolute atomic E-state index is 9.76. The van der Waals surface area contributed by atoms with Crippen molar-refractivity contribution in [1.29, 1.82) is 0 Å². The molecule has 0 aromatic rings. The van der Waals surface area contributed by atoms with Gasteiger partial charge in [0.15, 0.2) is 0 Å². The van der Waals surface area contributed by atoms with Crippen LogP contribution in [-0.4, -0.2) is 71.9 Å². The van der Waals surface area contributed by atoms with Gasteiger partial charge in [-0.3, -0.25) is 4.90 Å². The van der Waals surface area contributed by atoms with Crippen LogP contribution in [0.2, 0.25) is 0 Å². The molecule has 2 fully saturated rings. The molecule has 0 bridgehead atoms. The Morgan fingerprint density at radius 1 is 1.14 bits per heavy atom. The Labute approximate surface area is 130 Å². The molecular weight excluding hydrogens is 262 g/mol. The Morgan fingerprint density at radius 2 is 1.76 bits per heavy atom. The molecule has 124 valence electrons. The summed E-state index contributed by atoms with van der Waals surface area (Å²) in [7, 11) is 0. The summed E-state index contributed by atoms with van der Waals surface area (Å²) in [4.78, 5) is 5.18. The summed E-state index contributed by atoms with van der Waals surface area (Å²) in [5, 5.41) is 13.4. The van der Waals surface area contributed by atoms with Crippen LogP contribution in [0.5, 0.6) is 0 Å². The first-order valence-corrected chi connectivity index (χ1v) is 8.77. The van der Waals surface area contributed by atoms with E-state index in [2.05, 4.69) is 42.8 Å². The average Bonchev–Trinajstić information content (AvgIpc) is 3.22. The zero-order valence-electron chi connectivity index (χ0n) is 14.4. The summed E-state index contributed by atoms with van der Waals surface area (Å²) in [6.07, 6.45) is 3.58. The monoisotopic (exact) mass is 297 g/mol. The van der Waals surface area contributed by atoms with E-state index < -0.39 is 0 Å². The van der Waals surface area contributed by atoms with E-state index in [-0.39, 0.29) is 12.1 Å². The molecule has 0 aromatic carbocycles. The molecule has 21 heavy (non-hydrogen) atoms. The Hall–Kier alpha value is -0.160. The number of aliphatic hydroxyl groups is 1. The fraction of sp³-hybridized carbons (Fsp3) is 1.00. The minimum Gasteiger partial charge on any atom is -0.394 e. The van der Waals surface area contributed by atoms with Gasteiger partial charge >= 0.3 is 0 Å². The summed E-state index contributed by atoms with van der Waals surface area (Å²) >= 11 is 0. The van der Waals surface area contributed by atoms with Gasteiger partial charge in [-0.15, -0.1) is 0 Å². The van der Waals surface area contributed by atoms with Gasteiger partial charge in [-0.1, -0.05) is 13.8 Å². The lowest BCUT2D eigenvalue weighted by atomic mass is 9.93. The van der Waals surface area contributed by atoms with Crippen LogP contribution in [0.25, 0.3) is 0 Å². The molecule has 1 heterocycles. The van der Waals surface area contributed by atoms with Gasteiger partial charge in [-0.2, -0.15) is 0 Å². The van der Waals surface area contributed by atoms with Gasteiger partial charge < -0.3 is 15.3 Å². The standard InChI is InChI=1S/C17H35N3O/c1-14(2)12-19-7-9-20(10-8-19)15(3)11-17(4,13-21)18-16-5-6-16/h14-16,18,21H,5-13H2,1-4H3. The smallest absolute Gasteiger partial charge is 0.0611 e. The van der Waals surface area contributed by atoms with Crippen molar-refractivity contribution in [2.24, 2.45) is 5.92 Å². The van der Waals surface area contributed by atoms with Crippen LogP contribution < -0.4 is 5.32 Å². The summed E-state index contributed by atoms with van der Waals surface area (Å²) in [6, 6.07) is 1.19. The maximum atomic E-state index is 9.76. The number of nitrogens with one attached hydrogen (secondary N) is 1. The van der Waals surface area contributed by atoms with Crippen molar-refractivity contribution in [2.75, 3.05) is 39.3 Å². The molecule has 1 saturated carbocycles. The zero-order valence-corrected chi connectivity index (χ0v) is 14.4. The molecule has 0 radical (unpaired) electrons. The third kappa shape index (κ3) is 5.51. The van der Waals surface area contributed by atoms with Gasteiger partial charge in [-0.05, 0) is 39.0 Å². The first-order chi connectivity index (χ1) is 9.92. The molecule has 4 heteroatoms. The van der Waals surface area contributed by atoms with Crippen molar-refractivity contribution in [3.63, 3.8) is 0 Å². The van der Waals surface area contributed by atoms with E-state index in [0.717, 1.165) is 12.3 Å². The highest BCUT2D eigenvalue weighted by Crippen LogP contribution is 2.26. The highest BCUT2D eigenvalue weighted by Gasteiger charge is 2.34. The highest BCUT2D eigenvalue weighted by molar-refractivity contribution is 4.95. The molecule has 0 aromatic heterocycles. The van der Waals surface area contributed by atoms with Gasteiger partial charge in [-0.25, -0.2) is 0 Å². The topological polar surface area (TPSA) is 38.7 Å². The van der Waals surface area contributed by atoms with E-state index >= 15 is 0 Å². The van der Waals surface area contributed by atoms with Crippen LogP contribution in [0.4, 0.5) is 0 Å². The summed E-state index contributed by atoms with van der Waals surface area (Å²) in [5.41, 5.74) is -0.115. The molecular formula is C17H35N3O. The van der Waals surface area contributed by atoms with E-state index in [9.17, 15) is 5.11 Å². The third-order valence-electron chi connectivity index (χ3n) is 4.88. The normalized spacial score (nSPS) is 26.0. The lowest BCUT2D eigenvalue weighted by Crippen LogP contribution is -2.55. The lowest BCUT2D eigenvalue weighted by Gasteiger charge is -2.41. The van der Waals surface area contributed by atoms with E-state index in [1.165, 1.54) is 45.6 Å². The fourth-order valence-electron chi connectivity index (χ4n) is 3.57. The lowest BCUT2D eigenvalue weighted by molar-refractivity contribution is 0.0669. The number of piperazine rings is 1. The van der Waals surface area contributed by atoms with Gasteiger partial charge in [0.25, 0.3) is 0 Å². The Morgan fingerprint density at radius 3 is 2.24 bits per heavy atom. The number of hydrogen-bond donors (Lipinski definition) is 2. The van der Waals surface area contributed by atoms with E-state index in [1.54, 1.807) is 0 Å². The third-order valence-corrected chi connectivity index (χ3v) is 4.88. The van der Waals surface area contributed by atoms with Crippen LogP contribution in [0.1, 0.15) is 47.0 Å². The van der Waals surface area contributed by atoms with Crippen LogP contribution in [-0.2, 0) is 0 Å². The van der Waals surface area contributed by atoms with E-state index in [0.29, 0.717) is 12.1 Å². The zero-order chi connectivity index (χ0) is 15.5. The van der Waals surface area contributed by atoms with Crippen molar-refractivity contribution in [1.82, 2.24) is 15.1 Å². The van der Waals surface area contributed by atoms with Crippen LogP contribution in [0, 0.1) is 5.92 Å². The molecule has 1 aliphatic carbocycles. The number of nitrogens with zero attached hydrogens (tertiary/aromatic N) is 2. The Balaban J connectivity index is 1.76. The molecule has 2 atom stereocenters. The molecule has 0 spiro atoms. The molecule has 1 saturated heterocycles. The van der Waals surface area contributed by atoms with Gasteiger partial charge in [0.2, 0.25) is 0 Å². The van der Waals surface area contributed by atoms with Gasteiger partial charge in [0, 0.05) is 50.3 Å². The van der Waals surface area contributed by atoms with Gasteiger partial charge in [0.05, 0.1) is 6.61 Å². The van der Waals surface area contributed by atoms with Gasteiger partial charge in [0.1, 0.15) is 0 Å². The van der Waals surface area contributed by atoms with Crippen molar-refractivity contribution in [3.05, 3.63) is 0 Å². The first-order valence-electron chi connectivity index (χ1n) is 8.77. The number of aliphatic hydroxyl groups excluding tert-OH is 1. The van der Waals surface area contributed by atoms with Crippen molar-refractivity contribution in [3.8, 4) is 0 Å². The molecule has 4 nitrogen and oxygen atoms in total. The largest absolute Gasteiger partial charge is 0.394 e. The minimum absolute atomic E-state index is 0.115. The van der Waals surface area contributed by atoms with Crippen molar-refractivity contribution in [2.45, 2.75) is 64.6 Å². The first kappa shape index (κ1) is 17.2. The predicted molar refractivity (Wildman–Crippen MR) is 88.6 cm³/mol. The average molecular weight is 297 g/mol. The number of rotatable bonds is 8. The highest BCUT2D eigenvalue weighted by atomic mass is 16.3. The van der Waals surface area contributed by atoms with Crippen molar-refractivity contribution < 1.29 is 5.11 Å². The fourth-order valence-corrected chi connectivity index (χ4v) is 3.57. The van der Waals surface area contributed by atoms with E-state index in [4.69, 9.17) is 0 Å². The Kier molecular flexibility index (Phi) is 6.06. The summed E-state index contributed by atoms with van der Waals surface area (Å²) in [5.74, 6) is 0.759.